The summed E-state index contributed by atoms with van der Waals surface area (Å²) in [5.74, 6) is 0.0737. The maximum atomic E-state index is 13.5. The fourth-order valence-electron chi connectivity index (χ4n) is 6.04. The van der Waals surface area contributed by atoms with Crippen LogP contribution in [0.25, 0.3) is 0 Å². The molecule has 1 saturated heterocycles. The topological polar surface area (TPSA) is 69.7 Å². The molecule has 1 aromatic rings. The van der Waals surface area contributed by atoms with Gasteiger partial charge in [-0.15, -0.1) is 0 Å². The highest BCUT2D eigenvalue weighted by Crippen LogP contribution is 2.39. The van der Waals surface area contributed by atoms with Crippen LogP contribution in [0.5, 0.6) is 0 Å². The minimum atomic E-state index is -0.275. The highest BCUT2D eigenvalue weighted by atomic mass is 16.2. The van der Waals surface area contributed by atoms with E-state index in [1.54, 1.807) is 0 Å². The number of hydrogen-bond donors (Lipinski definition) is 1. The Kier molecular flexibility index (Phi) is 6.20. The minimum absolute atomic E-state index is 0.0302. The van der Waals surface area contributed by atoms with Crippen molar-refractivity contribution in [2.45, 2.75) is 70.4 Å². The Balaban J connectivity index is 1.35. The lowest BCUT2D eigenvalue weighted by Gasteiger charge is -2.38. The summed E-state index contributed by atoms with van der Waals surface area (Å²) in [6, 6.07) is 8.20. The van der Waals surface area contributed by atoms with E-state index in [1.807, 2.05) is 15.9 Å². The molecule has 6 heteroatoms. The van der Waals surface area contributed by atoms with Gasteiger partial charge in [-0.25, -0.2) is 0 Å². The molecule has 0 unspecified atom stereocenters. The van der Waals surface area contributed by atoms with Gasteiger partial charge in [-0.2, -0.15) is 0 Å². The lowest BCUT2D eigenvalue weighted by molar-refractivity contribution is -0.143. The molecule has 2 aliphatic carbocycles. The van der Waals surface area contributed by atoms with Gasteiger partial charge in [-0.1, -0.05) is 30.7 Å². The average molecular weight is 438 g/mol. The molecule has 6 nitrogen and oxygen atoms in total. The highest BCUT2D eigenvalue weighted by molar-refractivity contribution is 5.86. The Morgan fingerprint density at radius 1 is 0.875 bits per heavy atom. The molecular weight excluding hydrogens is 402 g/mol. The number of carbonyl (C=O) groups is 3. The van der Waals surface area contributed by atoms with Gasteiger partial charge >= 0.3 is 0 Å². The SMILES string of the molecule is O=C1NCCCCCN(C(=O)C2CCC2)[C@@H]2C[C@@H](C(=O)N3CCc4ccccc4C3)C[C@H]12. The van der Waals surface area contributed by atoms with Crippen LogP contribution in [0.2, 0.25) is 0 Å². The van der Waals surface area contributed by atoms with Gasteiger partial charge in [-0.05, 0) is 62.5 Å². The van der Waals surface area contributed by atoms with Crippen molar-refractivity contribution in [2.24, 2.45) is 17.8 Å². The van der Waals surface area contributed by atoms with E-state index in [9.17, 15) is 14.4 Å². The van der Waals surface area contributed by atoms with E-state index in [2.05, 4.69) is 23.5 Å². The Morgan fingerprint density at radius 2 is 1.69 bits per heavy atom. The molecule has 1 aromatic carbocycles. The van der Waals surface area contributed by atoms with Crippen molar-refractivity contribution in [3.8, 4) is 0 Å². The zero-order chi connectivity index (χ0) is 22.1. The van der Waals surface area contributed by atoms with Crippen molar-refractivity contribution in [2.75, 3.05) is 19.6 Å². The largest absolute Gasteiger partial charge is 0.356 e. The van der Waals surface area contributed by atoms with Crippen molar-refractivity contribution in [1.29, 1.82) is 0 Å². The molecule has 4 aliphatic rings. The smallest absolute Gasteiger partial charge is 0.226 e. The molecule has 0 bridgehead atoms. The van der Waals surface area contributed by atoms with E-state index in [0.717, 1.165) is 58.0 Å². The molecule has 172 valence electrons. The number of amides is 3. The Labute approximate surface area is 190 Å². The van der Waals surface area contributed by atoms with Gasteiger partial charge in [0.25, 0.3) is 0 Å². The molecule has 3 fully saturated rings. The Bertz CT molecular complexity index is 881. The van der Waals surface area contributed by atoms with Crippen molar-refractivity contribution < 1.29 is 14.4 Å². The van der Waals surface area contributed by atoms with Crippen LogP contribution in [0.15, 0.2) is 24.3 Å². The van der Waals surface area contributed by atoms with Gasteiger partial charge in [0, 0.05) is 44.1 Å². The van der Waals surface area contributed by atoms with Gasteiger partial charge in [-0.3, -0.25) is 14.4 Å². The van der Waals surface area contributed by atoms with Crippen LogP contribution in [0.3, 0.4) is 0 Å². The van der Waals surface area contributed by atoms with E-state index >= 15 is 0 Å². The predicted octanol–water partition coefficient (Wildman–Crippen LogP) is 2.89. The van der Waals surface area contributed by atoms with Crippen LogP contribution in [-0.4, -0.2) is 53.2 Å². The second-order valence-electron chi connectivity index (χ2n) is 10.1. The quantitative estimate of drug-likeness (QED) is 0.774. The normalized spacial score (nSPS) is 28.9. The molecule has 32 heavy (non-hydrogen) atoms. The molecule has 2 saturated carbocycles. The van der Waals surface area contributed by atoms with Crippen LogP contribution >= 0.6 is 0 Å². The number of benzene rings is 1. The molecule has 2 heterocycles. The fraction of sp³-hybridized carbons (Fsp3) is 0.654. The van der Waals surface area contributed by atoms with E-state index in [-0.39, 0.29) is 41.5 Å². The molecule has 1 N–H and O–H groups in total. The number of carbonyl (C=O) groups excluding carboxylic acids is 3. The molecular formula is C26H35N3O3. The molecule has 5 rings (SSSR count). The molecule has 2 aliphatic heterocycles. The number of nitrogens with zero attached hydrogens (tertiary/aromatic N) is 2. The Hall–Kier alpha value is -2.37. The monoisotopic (exact) mass is 437 g/mol. The molecule has 0 aromatic heterocycles. The maximum Gasteiger partial charge on any atom is 0.226 e. The number of hydrogen-bond acceptors (Lipinski definition) is 3. The van der Waals surface area contributed by atoms with Crippen LogP contribution in [0.4, 0.5) is 0 Å². The summed E-state index contributed by atoms with van der Waals surface area (Å²) in [5.41, 5.74) is 2.55. The minimum Gasteiger partial charge on any atom is -0.356 e. The van der Waals surface area contributed by atoms with Gasteiger partial charge in [0.1, 0.15) is 0 Å². The maximum absolute atomic E-state index is 13.5. The summed E-state index contributed by atoms with van der Waals surface area (Å²) in [4.78, 5) is 43.9. The summed E-state index contributed by atoms with van der Waals surface area (Å²) < 4.78 is 0. The summed E-state index contributed by atoms with van der Waals surface area (Å²) >= 11 is 0. The lowest BCUT2D eigenvalue weighted by atomic mass is 9.83. The van der Waals surface area contributed by atoms with Crippen LogP contribution in [0, 0.1) is 17.8 Å². The van der Waals surface area contributed by atoms with E-state index in [4.69, 9.17) is 0 Å². The summed E-state index contributed by atoms with van der Waals surface area (Å²) in [5, 5.41) is 3.09. The van der Waals surface area contributed by atoms with Crippen LogP contribution in [0.1, 0.15) is 62.5 Å². The van der Waals surface area contributed by atoms with E-state index in [0.29, 0.717) is 25.9 Å². The highest BCUT2D eigenvalue weighted by Gasteiger charge is 2.47. The van der Waals surface area contributed by atoms with Crippen LogP contribution in [-0.2, 0) is 27.3 Å². The molecule has 0 radical (unpaired) electrons. The first kappa shape index (κ1) is 21.5. The zero-order valence-corrected chi connectivity index (χ0v) is 18.9. The third kappa shape index (κ3) is 4.16. The second-order valence-corrected chi connectivity index (χ2v) is 10.1. The third-order valence-corrected chi connectivity index (χ3v) is 8.17. The van der Waals surface area contributed by atoms with E-state index in [1.165, 1.54) is 11.1 Å². The van der Waals surface area contributed by atoms with Gasteiger partial charge in [0.15, 0.2) is 0 Å². The van der Waals surface area contributed by atoms with Gasteiger partial charge < -0.3 is 15.1 Å². The van der Waals surface area contributed by atoms with Crippen LogP contribution < -0.4 is 5.32 Å². The third-order valence-electron chi connectivity index (χ3n) is 8.17. The summed E-state index contributed by atoms with van der Waals surface area (Å²) in [6.07, 6.45) is 8.05. The van der Waals surface area contributed by atoms with Crippen molar-refractivity contribution in [3.05, 3.63) is 35.4 Å². The molecule has 3 atom stereocenters. The standard InChI is InChI=1S/C26H35N3O3/c30-24-22-15-21(25(31)28-14-11-18-7-2-3-8-20(18)17-28)16-23(22)29(13-5-1-4-12-27-24)26(32)19-9-6-10-19/h2-3,7-8,19,21-23H,1,4-6,9-17H2,(H,27,30)/t21-,22-,23+/m0/s1. The van der Waals surface area contributed by atoms with Gasteiger partial charge in [0.05, 0.1) is 5.92 Å². The number of nitrogens with one attached hydrogen (secondary N) is 1. The second kappa shape index (κ2) is 9.24. The van der Waals surface area contributed by atoms with Crippen molar-refractivity contribution in [3.63, 3.8) is 0 Å². The molecule has 3 amide bonds. The average Bonchev–Trinajstić information content (AvgIpc) is 3.21. The zero-order valence-electron chi connectivity index (χ0n) is 18.9. The van der Waals surface area contributed by atoms with Crippen molar-refractivity contribution >= 4 is 17.7 Å². The first-order valence-electron chi connectivity index (χ1n) is 12.6. The number of fused-ring (bicyclic) bond motifs is 2. The summed E-state index contributed by atoms with van der Waals surface area (Å²) in [6.45, 7) is 2.80. The molecule has 0 spiro atoms. The Morgan fingerprint density at radius 3 is 2.47 bits per heavy atom. The van der Waals surface area contributed by atoms with Crippen molar-refractivity contribution in [1.82, 2.24) is 15.1 Å². The summed E-state index contributed by atoms with van der Waals surface area (Å²) in [7, 11) is 0. The first-order valence-corrected chi connectivity index (χ1v) is 12.6. The first-order chi connectivity index (χ1) is 15.6. The number of rotatable bonds is 2. The fourth-order valence-corrected chi connectivity index (χ4v) is 6.04. The lowest BCUT2D eigenvalue weighted by Crippen LogP contribution is -2.50. The van der Waals surface area contributed by atoms with Gasteiger partial charge in [0.2, 0.25) is 17.7 Å². The predicted molar refractivity (Wildman–Crippen MR) is 121 cm³/mol. The van der Waals surface area contributed by atoms with E-state index < -0.39 is 0 Å².